The second-order valence-corrected chi connectivity index (χ2v) is 6.48. The van der Waals surface area contributed by atoms with Gasteiger partial charge in [-0.05, 0) is 26.6 Å². The average Bonchev–Trinajstić information content (AvgIpc) is 2.61. The van der Waals surface area contributed by atoms with Gasteiger partial charge in [0.05, 0.1) is 6.04 Å². The minimum atomic E-state index is -0.0942. The summed E-state index contributed by atoms with van der Waals surface area (Å²) in [6, 6.07) is 17.6. The maximum atomic E-state index is 12.1. The van der Waals surface area contributed by atoms with Crippen molar-refractivity contribution in [3.8, 4) is 0 Å². The fraction of sp³-hybridized carbons (Fsp3) is 0.333. The summed E-state index contributed by atoms with van der Waals surface area (Å²) in [6.07, 6.45) is 0.439. The minimum Gasteiger partial charge on any atom is -0.354 e. The van der Waals surface area contributed by atoms with Gasteiger partial charge >= 0.3 is 0 Å². The molecule has 0 spiro atoms. The van der Waals surface area contributed by atoms with E-state index in [1.54, 1.807) is 0 Å². The highest BCUT2D eigenvalue weighted by Gasteiger charge is 2.15. The first-order chi connectivity index (χ1) is 12.0. The lowest BCUT2D eigenvalue weighted by Crippen LogP contribution is -2.34. The van der Waals surface area contributed by atoms with Gasteiger partial charge in [0.25, 0.3) is 0 Å². The minimum absolute atomic E-state index is 0.00219. The molecule has 0 radical (unpaired) electrons. The number of nitrogens with zero attached hydrogens (tertiary/aromatic N) is 1. The van der Waals surface area contributed by atoms with Crippen molar-refractivity contribution >= 4 is 11.7 Å². The molecule has 0 unspecified atom stereocenters. The van der Waals surface area contributed by atoms with Gasteiger partial charge in [-0.3, -0.25) is 9.59 Å². The molecular weight excluding hydrogens is 312 g/mol. The van der Waals surface area contributed by atoms with Crippen LogP contribution >= 0.6 is 0 Å². The van der Waals surface area contributed by atoms with Crippen LogP contribution in [0.3, 0.4) is 0 Å². The predicted molar refractivity (Wildman–Crippen MR) is 101 cm³/mol. The van der Waals surface area contributed by atoms with Crippen LogP contribution in [0.1, 0.15) is 40.4 Å². The molecule has 0 fully saturated rings. The van der Waals surface area contributed by atoms with Gasteiger partial charge in [-0.2, -0.15) is 0 Å². The van der Waals surface area contributed by atoms with E-state index >= 15 is 0 Å². The van der Waals surface area contributed by atoms with E-state index in [1.165, 1.54) is 0 Å². The molecule has 0 bridgehead atoms. The van der Waals surface area contributed by atoms with Crippen LogP contribution in [0.4, 0.5) is 0 Å². The lowest BCUT2D eigenvalue weighted by Gasteiger charge is -2.25. The molecule has 0 aliphatic carbocycles. The zero-order valence-electron chi connectivity index (χ0n) is 15.2. The zero-order chi connectivity index (χ0) is 18.2. The first-order valence-corrected chi connectivity index (χ1v) is 8.55. The number of rotatable bonds is 8. The summed E-state index contributed by atoms with van der Waals surface area (Å²) in [7, 11) is 3.98. The van der Waals surface area contributed by atoms with Gasteiger partial charge in [0.1, 0.15) is 0 Å². The Morgan fingerprint density at radius 1 is 0.960 bits per heavy atom. The van der Waals surface area contributed by atoms with E-state index in [-0.39, 0.29) is 30.6 Å². The molecule has 2 aromatic rings. The van der Waals surface area contributed by atoms with Gasteiger partial charge < -0.3 is 10.2 Å². The molecule has 0 aliphatic heterocycles. The van der Waals surface area contributed by atoms with Gasteiger partial charge in [0, 0.05) is 24.9 Å². The van der Waals surface area contributed by atoms with Crippen molar-refractivity contribution in [3.05, 3.63) is 71.3 Å². The third-order valence-electron chi connectivity index (χ3n) is 4.25. The first-order valence-electron chi connectivity index (χ1n) is 8.55. The quantitative estimate of drug-likeness (QED) is 0.751. The van der Waals surface area contributed by atoms with E-state index in [9.17, 15) is 9.59 Å². The summed E-state index contributed by atoms with van der Waals surface area (Å²) in [5.74, 6) is -0.0920. The van der Waals surface area contributed by atoms with E-state index in [2.05, 4.69) is 22.3 Å². The number of carbonyl (C=O) groups excluding carboxylic acids is 2. The maximum absolute atomic E-state index is 12.1. The molecule has 1 amide bonds. The van der Waals surface area contributed by atoms with E-state index in [4.69, 9.17) is 0 Å². The number of nitrogens with one attached hydrogen (secondary N) is 1. The lowest BCUT2D eigenvalue weighted by molar-refractivity contribution is -0.121. The Bertz CT molecular complexity index is 694. The second kappa shape index (κ2) is 9.14. The number of benzene rings is 2. The van der Waals surface area contributed by atoms with Crippen LogP contribution in [0.25, 0.3) is 0 Å². The molecule has 0 saturated carbocycles. The molecule has 2 rings (SSSR count). The zero-order valence-corrected chi connectivity index (χ0v) is 15.2. The number of hydrogen-bond acceptors (Lipinski definition) is 3. The Morgan fingerprint density at radius 2 is 1.60 bits per heavy atom. The topological polar surface area (TPSA) is 49.4 Å². The Labute approximate surface area is 149 Å². The van der Waals surface area contributed by atoms with Gasteiger partial charge in [0.2, 0.25) is 5.91 Å². The Hall–Kier alpha value is -2.46. The van der Waals surface area contributed by atoms with Gasteiger partial charge in [-0.25, -0.2) is 0 Å². The van der Waals surface area contributed by atoms with E-state index in [0.29, 0.717) is 12.1 Å². The highest BCUT2D eigenvalue weighted by molar-refractivity contribution is 5.97. The molecule has 4 heteroatoms. The van der Waals surface area contributed by atoms with Gasteiger partial charge in [0.15, 0.2) is 5.78 Å². The maximum Gasteiger partial charge on any atom is 0.220 e. The number of carbonyl (C=O) groups is 2. The summed E-state index contributed by atoms with van der Waals surface area (Å²) >= 11 is 0. The number of ketones is 1. The summed E-state index contributed by atoms with van der Waals surface area (Å²) in [5, 5.41) is 2.95. The largest absolute Gasteiger partial charge is 0.354 e. The third-order valence-corrected chi connectivity index (χ3v) is 4.25. The van der Waals surface area contributed by atoms with E-state index in [0.717, 1.165) is 11.1 Å². The van der Waals surface area contributed by atoms with Gasteiger partial charge in [-0.1, -0.05) is 60.2 Å². The Morgan fingerprint density at radius 3 is 2.20 bits per heavy atom. The molecule has 0 aliphatic rings. The molecule has 25 heavy (non-hydrogen) atoms. The average molecular weight is 338 g/mol. The first kappa shape index (κ1) is 18.9. The fourth-order valence-corrected chi connectivity index (χ4v) is 2.68. The second-order valence-electron chi connectivity index (χ2n) is 6.48. The highest BCUT2D eigenvalue weighted by atomic mass is 16.2. The third kappa shape index (κ3) is 5.84. The van der Waals surface area contributed by atoms with Crippen LogP contribution in [0, 0.1) is 6.92 Å². The molecular formula is C21H26N2O2. The van der Waals surface area contributed by atoms with Crippen LogP contribution in [0.5, 0.6) is 0 Å². The van der Waals surface area contributed by atoms with Crippen molar-refractivity contribution < 1.29 is 9.59 Å². The highest BCUT2D eigenvalue weighted by Crippen LogP contribution is 2.16. The van der Waals surface area contributed by atoms with Crippen LogP contribution in [-0.2, 0) is 4.79 Å². The van der Waals surface area contributed by atoms with Crippen LogP contribution in [0.2, 0.25) is 0 Å². The number of hydrogen-bond donors (Lipinski definition) is 1. The Balaban J connectivity index is 1.83. The molecule has 0 heterocycles. The standard InChI is InChI=1S/C21H26N2O2/c1-16-9-11-18(12-10-16)20(24)13-14-21(25)22-15-19(23(2)3)17-7-5-4-6-8-17/h4-12,19H,13-15H2,1-3H3,(H,22,25)/t19-/m1/s1. The lowest BCUT2D eigenvalue weighted by atomic mass is 10.0. The predicted octanol–water partition coefficient (Wildman–Crippen LogP) is 3.38. The summed E-state index contributed by atoms with van der Waals surface area (Å²) in [5.41, 5.74) is 2.93. The van der Waals surface area contributed by atoms with Crippen molar-refractivity contribution in [2.75, 3.05) is 20.6 Å². The molecule has 1 atom stereocenters. The fourth-order valence-electron chi connectivity index (χ4n) is 2.68. The summed E-state index contributed by atoms with van der Waals surface area (Å²) in [4.78, 5) is 26.3. The van der Waals surface area contributed by atoms with Crippen LogP contribution in [0.15, 0.2) is 54.6 Å². The van der Waals surface area contributed by atoms with Gasteiger partial charge in [-0.15, -0.1) is 0 Å². The van der Waals surface area contributed by atoms with E-state index in [1.807, 2.05) is 63.5 Å². The van der Waals surface area contributed by atoms with Crippen LogP contribution < -0.4 is 5.32 Å². The van der Waals surface area contributed by atoms with Crippen LogP contribution in [-0.4, -0.2) is 37.2 Å². The number of Topliss-reactive ketones (excluding diaryl/α,β-unsaturated/α-hetero) is 1. The van der Waals surface area contributed by atoms with Crippen molar-refractivity contribution in [1.82, 2.24) is 10.2 Å². The van der Waals surface area contributed by atoms with E-state index < -0.39 is 0 Å². The molecule has 4 nitrogen and oxygen atoms in total. The van der Waals surface area contributed by atoms with Crippen molar-refractivity contribution in [3.63, 3.8) is 0 Å². The number of likely N-dealkylation sites (N-methyl/N-ethyl adjacent to an activating group) is 1. The normalized spacial score (nSPS) is 12.0. The molecule has 132 valence electrons. The Kier molecular flexibility index (Phi) is 6.90. The SMILES string of the molecule is Cc1ccc(C(=O)CCC(=O)NC[C@H](c2ccccc2)N(C)C)cc1. The molecule has 1 N–H and O–H groups in total. The molecule has 2 aromatic carbocycles. The monoisotopic (exact) mass is 338 g/mol. The van der Waals surface area contributed by atoms with Crippen molar-refractivity contribution in [2.24, 2.45) is 0 Å². The summed E-state index contributed by atoms with van der Waals surface area (Å²) in [6.45, 7) is 2.50. The molecule has 0 aromatic heterocycles. The van der Waals surface area contributed by atoms with Crippen molar-refractivity contribution in [2.45, 2.75) is 25.8 Å². The molecule has 0 saturated heterocycles. The summed E-state index contributed by atoms with van der Waals surface area (Å²) < 4.78 is 0. The van der Waals surface area contributed by atoms with Crippen molar-refractivity contribution in [1.29, 1.82) is 0 Å². The number of aryl methyl sites for hydroxylation is 1. The smallest absolute Gasteiger partial charge is 0.220 e. The number of amides is 1.